The van der Waals surface area contributed by atoms with Gasteiger partial charge in [0.15, 0.2) is 11.6 Å². The molecule has 1 aliphatic rings. The Balaban J connectivity index is 2.05. The Labute approximate surface area is 124 Å². The molecular formula is C14H13F3N4O. The largest absolute Gasteiger partial charge is 0.486 e. The maximum atomic E-state index is 13.2. The maximum absolute atomic E-state index is 13.2. The first-order valence-corrected chi connectivity index (χ1v) is 6.52. The summed E-state index contributed by atoms with van der Waals surface area (Å²) in [5.41, 5.74) is 5.00. The first kappa shape index (κ1) is 14.4. The number of benzene rings is 1. The third-order valence-electron chi connectivity index (χ3n) is 3.58. The summed E-state index contributed by atoms with van der Waals surface area (Å²) in [7, 11) is 1.66. The number of ether oxygens (including phenoxy) is 1. The number of hydrogen-bond acceptors (Lipinski definition) is 5. The number of hydrogen-bond donors (Lipinski definition) is 1. The van der Waals surface area contributed by atoms with Crippen LogP contribution in [0, 0.1) is 0 Å². The van der Waals surface area contributed by atoms with E-state index in [1.165, 1.54) is 18.3 Å². The lowest BCUT2D eigenvalue weighted by atomic mass is 9.98. The van der Waals surface area contributed by atoms with E-state index in [0.717, 1.165) is 6.07 Å². The summed E-state index contributed by atoms with van der Waals surface area (Å²) in [6.07, 6.45) is -3.01. The second-order valence-corrected chi connectivity index (χ2v) is 4.94. The first-order chi connectivity index (χ1) is 10.4. The monoisotopic (exact) mass is 310 g/mol. The van der Waals surface area contributed by atoms with E-state index in [0.29, 0.717) is 11.6 Å². The summed E-state index contributed by atoms with van der Waals surface area (Å²) in [6, 6.07) is 4.84. The summed E-state index contributed by atoms with van der Waals surface area (Å²) < 4.78 is 45.1. The van der Waals surface area contributed by atoms with Crippen molar-refractivity contribution >= 4 is 11.8 Å². The van der Waals surface area contributed by atoms with Gasteiger partial charge in [-0.2, -0.15) is 18.2 Å². The Morgan fingerprint density at radius 1 is 1.32 bits per heavy atom. The van der Waals surface area contributed by atoms with Gasteiger partial charge >= 0.3 is 6.18 Å². The van der Waals surface area contributed by atoms with Crippen LogP contribution in [0.4, 0.5) is 24.9 Å². The van der Waals surface area contributed by atoms with Gasteiger partial charge in [-0.1, -0.05) is 18.2 Å². The molecule has 1 aromatic carbocycles. The fourth-order valence-corrected chi connectivity index (χ4v) is 2.50. The number of aromatic nitrogens is 2. The quantitative estimate of drug-likeness (QED) is 0.877. The van der Waals surface area contributed by atoms with Crippen molar-refractivity contribution in [2.24, 2.45) is 0 Å². The third-order valence-corrected chi connectivity index (χ3v) is 3.58. The molecule has 0 saturated carbocycles. The second kappa shape index (κ2) is 5.04. The number of likely N-dealkylation sites (N-methyl/N-ethyl adjacent to an activating group) is 1. The zero-order valence-electron chi connectivity index (χ0n) is 11.6. The lowest BCUT2D eigenvalue weighted by Gasteiger charge is -2.35. The van der Waals surface area contributed by atoms with Gasteiger partial charge in [0, 0.05) is 7.05 Å². The van der Waals surface area contributed by atoms with Crippen LogP contribution in [-0.4, -0.2) is 23.6 Å². The Morgan fingerprint density at radius 2 is 2.05 bits per heavy atom. The van der Waals surface area contributed by atoms with Gasteiger partial charge in [0.25, 0.3) is 0 Å². The van der Waals surface area contributed by atoms with Gasteiger partial charge in [0.2, 0.25) is 5.95 Å². The van der Waals surface area contributed by atoms with Crippen LogP contribution in [0.2, 0.25) is 0 Å². The van der Waals surface area contributed by atoms with Crippen molar-refractivity contribution in [1.82, 2.24) is 9.97 Å². The molecule has 2 heterocycles. The van der Waals surface area contributed by atoms with Crippen LogP contribution in [0.3, 0.4) is 0 Å². The molecule has 0 radical (unpaired) electrons. The zero-order valence-corrected chi connectivity index (χ0v) is 11.6. The highest BCUT2D eigenvalue weighted by Crippen LogP contribution is 2.41. The van der Waals surface area contributed by atoms with Crippen LogP contribution in [0.25, 0.3) is 0 Å². The SMILES string of the molecule is CN1c2nc(N)ncc2OCC1c1ccccc1C(F)(F)F. The second-order valence-electron chi connectivity index (χ2n) is 4.94. The molecular weight excluding hydrogens is 297 g/mol. The van der Waals surface area contributed by atoms with E-state index in [1.54, 1.807) is 18.0 Å². The summed E-state index contributed by atoms with van der Waals surface area (Å²) in [6.45, 7) is 0.0733. The maximum Gasteiger partial charge on any atom is 0.416 e. The number of rotatable bonds is 1. The van der Waals surface area contributed by atoms with Crippen molar-refractivity contribution in [2.75, 3.05) is 24.3 Å². The van der Waals surface area contributed by atoms with E-state index in [2.05, 4.69) is 9.97 Å². The van der Waals surface area contributed by atoms with E-state index < -0.39 is 17.8 Å². The summed E-state index contributed by atoms with van der Waals surface area (Å²) in [5.74, 6) is 0.817. The molecule has 116 valence electrons. The van der Waals surface area contributed by atoms with Gasteiger partial charge in [0.05, 0.1) is 17.8 Å². The number of nitrogen functional groups attached to an aromatic ring is 1. The molecule has 0 spiro atoms. The predicted octanol–water partition coefficient (Wildman–Crippen LogP) is 2.65. The van der Waals surface area contributed by atoms with Gasteiger partial charge in [-0.15, -0.1) is 0 Å². The number of halogens is 3. The fraction of sp³-hybridized carbons (Fsp3) is 0.286. The molecule has 5 nitrogen and oxygen atoms in total. The van der Waals surface area contributed by atoms with Crippen molar-refractivity contribution in [2.45, 2.75) is 12.2 Å². The number of fused-ring (bicyclic) bond motifs is 1. The van der Waals surface area contributed by atoms with Crippen molar-refractivity contribution in [3.8, 4) is 5.75 Å². The zero-order chi connectivity index (χ0) is 15.9. The van der Waals surface area contributed by atoms with Crippen LogP contribution in [0.5, 0.6) is 5.75 Å². The summed E-state index contributed by atoms with van der Waals surface area (Å²) in [4.78, 5) is 9.49. The minimum atomic E-state index is -4.43. The highest BCUT2D eigenvalue weighted by Gasteiger charge is 2.38. The van der Waals surface area contributed by atoms with Gasteiger partial charge in [-0.05, 0) is 11.6 Å². The number of nitrogens with two attached hydrogens (primary N) is 1. The van der Waals surface area contributed by atoms with E-state index in [1.807, 2.05) is 0 Å². The molecule has 0 amide bonds. The molecule has 22 heavy (non-hydrogen) atoms. The average molecular weight is 310 g/mol. The van der Waals surface area contributed by atoms with Crippen LogP contribution in [0.15, 0.2) is 30.5 Å². The molecule has 0 fully saturated rings. The first-order valence-electron chi connectivity index (χ1n) is 6.52. The molecule has 2 aromatic rings. The average Bonchev–Trinajstić information content (AvgIpc) is 2.47. The van der Waals surface area contributed by atoms with Crippen LogP contribution >= 0.6 is 0 Å². The highest BCUT2D eigenvalue weighted by molar-refractivity contribution is 5.57. The molecule has 0 bridgehead atoms. The third kappa shape index (κ3) is 2.40. The molecule has 8 heteroatoms. The highest BCUT2D eigenvalue weighted by atomic mass is 19.4. The topological polar surface area (TPSA) is 64.3 Å². The van der Waals surface area contributed by atoms with Gasteiger partial charge < -0.3 is 15.4 Å². The standard InChI is InChI=1S/C14H13F3N4O/c1-21-10(7-22-11-6-19-13(18)20-12(11)21)8-4-2-3-5-9(8)14(15,16)17/h2-6,10H,7H2,1H3,(H2,18,19,20). The van der Waals surface area contributed by atoms with Crippen LogP contribution in [-0.2, 0) is 6.18 Å². The summed E-state index contributed by atoms with van der Waals surface area (Å²) >= 11 is 0. The molecule has 1 unspecified atom stereocenters. The Kier molecular flexibility index (Phi) is 3.31. The molecule has 1 aliphatic heterocycles. The Hall–Kier alpha value is -2.51. The van der Waals surface area contributed by atoms with Crippen molar-refractivity contribution < 1.29 is 17.9 Å². The Morgan fingerprint density at radius 3 is 2.77 bits per heavy atom. The molecule has 2 N–H and O–H groups in total. The van der Waals surface area contributed by atoms with Crippen LogP contribution in [0.1, 0.15) is 17.2 Å². The minimum Gasteiger partial charge on any atom is -0.486 e. The van der Waals surface area contributed by atoms with Crippen molar-refractivity contribution in [3.63, 3.8) is 0 Å². The number of nitrogens with zero attached hydrogens (tertiary/aromatic N) is 3. The van der Waals surface area contributed by atoms with Crippen molar-refractivity contribution in [1.29, 1.82) is 0 Å². The molecule has 1 atom stereocenters. The lowest BCUT2D eigenvalue weighted by molar-refractivity contribution is -0.138. The van der Waals surface area contributed by atoms with E-state index >= 15 is 0 Å². The number of anilines is 2. The van der Waals surface area contributed by atoms with Crippen molar-refractivity contribution in [3.05, 3.63) is 41.6 Å². The van der Waals surface area contributed by atoms with E-state index in [4.69, 9.17) is 10.5 Å². The molecule has 3 rings (SSSR count). The van der Waals surface area contributed by atoms with Gasteiger partial charge in [-0.3, -0.25) is 0 Å². The normalized spacial score (nSPS) is 17.8. The smallest absolute Gasteiger partial charge is 0.416 e. The molecule has 0 saturated heterocycles. The van der Waals surface area contributed by atoms with Gasteiger partial charge in [0.1, 0.15) is 6.61 Å². The number of alkyl halides is 3. The van der Waals surface area contributed by atoms with Crippen LogP contribution < -0.4 is 15.4 Å². The molecule has 1 aromatic heterocycles. The minimum absolute atomic E-state index is 0.0407. The Bertz CT molecular complexity index is 705. The lowest BCUT2D eigenvalue weighted by Crippen LogP contribution is -2.35. The summed E-state index contributed by atoms with van der Waals surface area (Å²) in [5, 5.41) is 0. The predicted molar refractivity (Wildman–Crippen MR) is 74.5 cm³/mol. The van der Waals surface area contributed by atoms with E-state index in [-0.39, 0.29) is 18.1 Å². The molecule has 0 aliphatic carbocycles. The fourth-order valence-electron chi connectivity index (χ4n) is 2.50. The van der Waals surface area contributed by atoms with E-state index in [9.17, 15) is 13.2 Å². The van der Waals surface area contributed by atoms with Gasteiger partial charge in [-0.25, -0.2) is 4.98 Å².